The SMILES string of the molecule is Cc1ccccc1COc1ccc(/C(O)=C2\C(=O)C(=O)N(Cc3ccncc3)C2c2cccc(Br)c2)cc1. The maximum atomic E-state index is 13.3. The molecule has 1 N–H and O–H groups in total. The predicted molar refractivity (Wildman–Crippen MR) is 148 cm³/mol. The van der Waals surface area contributed by atoms with E-state index < -0.39 is 17.7 Å². The first kappa shape index (κ1) is 25.4. The Morgan fingerprint density at radius 2 is 1.71 bits per heavy atom. The zero-order valence-corrected chi connectivity index (χ0v) is 22.3. The number of halogens is 1. The zero-order chi connectivity index (χ0) is 26.6. The molecular weight excluding hydrogens is 544 g/mol. The molecule has 5 rings (SSSR count). The number of hydrogen-bond acceptors (Lipinski definition) is 5. The largest absolute Gasteiger partial charge is 0.507 e. The van der Waals surface area contributed by atoms with E-state index in [1.165, 1.54) is 4.90 Å². The number of benzene rings is 3. The zero-order valence-electron chi connectivity index (χ0n) is 20.7. The third-order valence-corrected chi connectivity index (χ3v) is 7.08. The number of likely N-dealkylation sites (tertiary alicyclic amines) is 1. The first-order chi connectivity index (χ1) is 18.4. The maximum Gasteiger partial charge on any atom is 0.295 e. The van der Waals surface area contributed by atoms with Crippen LogP contribution in [0.25, 0.3) is 5.76 Å². The molecule has 2 heterocycles. The van der Waals surface area contributed by atoms with E-state index in [1.807, 2.05) is 55.5 Å². The molecule has 0 saturated carbocycles. The molecule has 190 valence electrons. The van der Waals surface area contributed by atoms with Gasteiger partial charge < -0.3 is 14.7 Å². The molecule has 1 unspecified atom stereocenters. The number of aliphatic hydroxyl groups excluding tert-OH is 1. The Hall–Kier alpha value is -4.23. The number of aryl methyl sites for hydroxylation is 1. The van der Waals surface area contributed by atoms with E-state index >= 15 is 0 Å². The van der Waals surface area contributed by atoms with Crippen molar-refractivity contribution in [3.63, 3.8) is 0 Å². The summed E-state index contributed by atoms with van der Waals surface area (Å²) in [6.07, 6.45) is 3.28. The number of carbonyl (C=O) groups is 2. The first-order valence-electron chi connectivity index (χ1n) is 12.1. The smallest absolute Gasteiger partial charge is 0.295 e. The van der Waals surface area contributed by atoms with Gasteiger partial charge in [-0.25, -0.2) is 0 Å². The van der Waals surface area contributed by atoms with E-state index in [-0.39, 0.29) is 17.9 Å². The van der Waals surface area contributed by atoms with Gasteiger partial charge in [0.25, 0.3) is 11.7 Å². The van der Waals surface area contributed by atoms with E-state index in [1.54, 1.807) is 48.8 Å². The molecule has 38 heavy (non-hydrogen) atoms. The van der Waals surface area contributed by atoms with E-state index in [4.69, 9.17) is 4.74 Å². The normalized spacial score (nSPS) is 16.6. The number of pyridine rings is 1. The van der Waals surface area contributed by atoms with Crippen LogP contribution in [0.3, 0.4) is 0 Å². The monoisotopic (exact) mass is 568 g/mol. The third-order valence-electron chi connectivity index (χ3n) is 6.59. The third kappa shape index (κ3) is 5.24. The molecule has 1 aliphatic heterocycles. The molecule has 0 bridgehead atoms. The molecule has 1 aromatic heterocycles. The Balaban J connectivity index is 1.48. The van der Waals surface area contributed by atoms with Crippen LogP contribution in [0.2, 0.25) is 0 Å². The molecule has 1 aliphatic rings. The molecule has 0 aliphatic carbocycles. The fourth-order valence-electron chi connectivity index (χ4n) is 4.55. The molecule has 1 atom stereocenters. The van der Waals surface area contributed by atoms with Gasteiger partial charge in [-0.1, -0.05) is 52.3 Å². The molecule has 1 amide bonds. The predicted octanol–water partition coefficient (Wildman–Crippen LogP) is 6.35. The van der Waals surface area contributed by atoms with Gasteiger partial charge in [-0.2, -0.15) is 0 Å². The van der Waals surface area contributed by atoms with Crippen LogP contribution in [0.1, 0.15) is 33.9 Å². The lowest BCUT2D eigenvalue weighted by molar-refractivity contribution is -0.140. The molecule has 7 heteroatoms. The van der Waals surface area contributed by atoms with Gasteiger partial charge >= 0.3 is 0 Å². The minimum absolute atomic E-state index is 0.0516. The average Bonchev–Trinajstić information content (AvgIpc) is 3.18. The van der Waals surface area contributed by atoms with E-state index in [0.29, 0.717) is 23.5 Å². The van der Waals surface area contributed by atoms with Crippen LogP contribution in [0.5, 0.6) is 5.75 Å². The van der Waals surface area contributed by atoms with E-state index in [9.17, 15) is 14.7 Å². The number of rotatable bonds is 7. The summed E-state index contributed by atoms with van der Waals surface area (Å²) in [7, 11) is 0. The highest BCUT2D eigenvalue weighted by molar-refractivity contribution is 9.10. The quantitative estimate of drug-likeness (QED) is 0.159. The topological polar surface area (TPSA) is 79.7 Å². The standard InChI is InChI=1S/C31H25BrN2O4/c1-20-5-2-3-6-24(20)19-38-26-11-9-22(10-12-26)29(35)27-28(23-7-4-8-25(32)17-23)34(31(37)30(27)36)18-21-13-15-33-16-14-21/h2-17,28,35H,18-19H2,1H3/b29-27+. The molecule has 1 fully saturated rings. The van der Waals surface area contributed by atoms with Gasteiger partial charge in [0.1, 0.15) is 18.1 Å². The number of carbonyl (C=O) groups excluding carboxylic acids is 2. The lowest BCUT2D eigenvalue weighted by atomic mass is 9.95. The van der Waals surface area contributed by atoms with Crippen LogP contribution in [0.4, 0.5) is 0 Å². The van der Waals surface area contributed by atoms with Crippen molar-refractivity contribution in [2.24, 2.45) is 0 Å². The van der Waals surface area contributed by atoms with Crippen molar-refractivity contribution >= 4 is 33.4 Å². The van der Waals surface area contributed by atoms with Gasteiger partial charge in [-0.15, -0.1) is 0 Å². The van der Waals surface area contributed by atoms with Crippen molar-refractivity contribution in [2.45, 2.75) is 26.1 Å². The number of nitrogens with zero attached hydrogens (tertiary/aromatic N) is 2. The lowest BCUT2D eigenvalue weighted by Gasteiger charge is -2.25. The van der Waals surface area contributed by atoms with Crippen molar-refractivity contribution in [3.05, 3.63) is 135 Å². The minimum atomic E-state index is -0.752. The molecule has 6 nitrogen and oxygen atoms in total. The number of aliphatic hydroxyl groups is 1. The maximum absolute atomic E-state index is 13.3. The van der Waals surface area contributed by atoms with Gasteiger partial charge in [0.05, 0.1) is 11.6 Å². The Morgan fingerprint density at radius 3 is 2.42 bits per heavy atom. The fraction of sp³-hybridized carbons (Fsp3) is 0.129. The first-order valence-corrected chi connectivity index (χ1v) is 12.9. The van der Waals surface area contributed by atoms with Crippen molar-refractivity contribution < 1.29 is 19.4 Å². The van der Waals surface area contributed by atoms with Gasteiger partial charge in [0, 0.05) is 29.0 Å². The number of ketones is 1. The van der Waals surface area contributed by atoms with Crippen molar-refractivity contribution in [1.29, 1.82) is 0 Å². The van der Waals surface area contributed by atoms with Crippen LogP contribution in [-0.4, -0.2) is 26.7 Å². The Morgan fingerprint density at radius 1 is 0.974 bits per heavy atom. The van der Waals surface area contributed by atoms with Crippen molar-refractivity contribution in [1.82, 2.24) is 9.88 Å². The summed E-state index contributed by atoms with van der Waals surface area (Å²) in [6, 6.07) is 25.1. The molecular formula is C31H25BrN2O4. The van der Waals surface area contributed by atoms with Crippen molar-refractivity contribution in [2.75, 3.05) is 0 Å². The highest BCUT2D eigenvalue weighted by Gasteiger charge is 2.46. The second-order valence-corrected chi connectivity index (χ2v) is 9.99. The van der Waals surface area contributed by atoms with E-state index in [2.05, 4.69) is 20.9 Å². The summed E-state index contributed by atoms with van der Waals surface area (Å²) >= 11 is 3.48. The number of ether oxygens (including phenoxy) is 1. The fourth-order valence-corrected chi connectivity index (χ4v) is 4.97. The Labute approximate surface area is 229 Å². The summed E-state index contributed by atoms with van der Waals surface area (Å²) in [5.74, 6) is -0.976. The summed E-state index contributed by atoms with van der Waals surface area (Å²) in [6.45, 7) is 2.65. The van der Waals surface area contributed by atoms with Crippen LogP contribution >= 0.6 is 15.9 Å². The Kier molecular flexibility index (Phi) is 7.38. The van der Waals surface area contributed by atoms with Crippen LogP contribution in [0.15, 0.2) is 107 Å². The van der Waals surface area contributed by atoms with E-state index in [0.717, 1.165) is 21.2 Å². The van der Waals surface area contributed by atoms with Crippen LogP contribution < -0.4 is 4.74 Å². The Bertz CT molecular complexity index is 1520. The second kappa shape index (κ2) is 11.0. The summed E-state index contributed by atoms with van der Waals surface area (Å²) in [5, 5.41) is 11.3. The highest BCUT2D eigenvalue weighted by Crippen LogP contribution is 2.41. The minimum Gasteiger partial charge on any atom is -0.507 e. The van der Waals surface area contributed by atoms with Crippen LogP contribution in [0, 0.1) is 6.92 Å². The molecule has 0 radical (unpaired) electrons. The molecule has 1 saturated heterocycles. The van der Waals surface area contributed by atoms with Gasteiger partial charge in [-0.3, -0.25) is 14.6 Å². The number of hydrogen-bond donors (Lipinski definition) is 1. The second-order valence-electron chi connectivity index (χ2n) is 9.08. The van der Waals surface area contributed by atoms with Gasteiger partial charge in [0.2, 0.25) is 0 Å². The highest BCUT2D eigenvalue weighted by atomic mass is 79.9. The summed E-state index contributed by atoms with van der Waals surface area (Å²) in [4.78, 5) is 32.0. The summed E-state index contributed by atoms with van der Waals surface area (Å²) in [5.41, 5.74) is 4.25. The number of amides is 1. The molecule has 4 aromatic rings. The van der Waals surface area contributed by atoms with Gasteiger partial charge in [-0.05, 0) is 77.7 Å². The average molecular weight is 569 g/mol. The van der Waals surface area contributed by atoms with Gasteiger partial charge in [0.15, 0.2) is 0 Å². The summed E-state index contributed by atoms with van der Waals surface area (Å²) < 4.78 is 6.73. The lowest BCUT2D eigenvalue weighted by Crippen LogP contribution is -2.29. The number of Topliss-reactive ketones (excluding diaryl/α,β-unsaturated/α-hetero) is 1. The number of aromatic nitrogens is 1. The molecule has 3 aromatic carbocycles. The van der Waals surface area contributed by atoms with Crippen molar-refractivity contribution in [3.8, 4) is 5.75 Å². The van der Waals surface area contributed by atoms with Crippen LogP contribution in [-0.2, 0) is 22.7 Å². The molecule has 0 spiro atoms.